The first-order valence-corrected chi connectivity index (χ1v) is 5.84. The molecule has 0 amide bonds. The predicted octanol–water partition coefficient (Wildman–Crippen LogP) is 1.89. The molecule has 0 spiro atoms. The van der Waals surface area contributed by atoms with Crippen LogP contribution in [0.25, 0.3) is 0 Å². The highest BCUT2D eigenvalue weighted by Gasteiger charge is 2.15. The van der Waals surface area contributed by atoms with Crippen molar-refractivity contribution < 1.29 is 0 Å². The van der Waals surface area contributed by atoms with Gasteiger partial charge in [0.1, 0.15) is 0 Å². The maximum atomic E-state index is 5.67. The Kier molecular flexibility index (Phi) is 4.01. The number of hydrogen-bond donors (Lipinski definition) is 1. The molecule has 14 heavy (non-hydrogen) atoms. The largest absolute Gasteiger partial charge is 0.330 e. The highest BCUT2D eigenvalue weighted by atomic mass is 32.2. The van der Waals surface area contributed by atoms with Crippen LogP contribution < -0.4 is 5.73 Å². The monoisotopic (exact) mass is 213 g/mol. The first-order chi connectivity index (χ1) is 6.55. The van der Waals surface area contributed by atoms with Crippen LogP contribution in [0.5, 0.6) is 0 Å². The molecule has 0 aliphatic heterocycles. The van der Waals surface area contributed by atoms with Crippen LogP contribution >= 0.6 is 11.8 Å². The second kappa shape index (κ2) is 4.84. The van der Waals surface area contributed by atoms with E-state index >= 15 is 0 Å². The molecule has 0 bridgehead atoms. The van der Waals surface area contributed by atoms with Crippen LogP contribution in [-0.4, -0.2) is 21.8 Å². The van der Waals surface area contributed by atoms with Crippen LogP contribution in [0.2, 0.25) is 0 Å². The van der Waals surface area contributed by atoms with Crippen LogP contribution in [0, 0.1) is 5.41 Å². The summed E-state index contributed by atoms with van der Waals surface area (Å²) in [5.41, 5.74) is 5.91. The molecule has 0 fully saturated rings. The highest BCUT2D eigenvalue weighted by Crippen LogP contribution is 2.24. The lowest BCUT2D eigenvalue weighted by Gasteiger charge is -2.21. The van der Waals surface area contributed by atoms with E-state index in [-0.39, 0.29) is 5.41 Å². The van der Waals surface area contributed by atoms with E-state index in [1.165, 1.54) is 0 Å². The molecular formula is C10H19N3S. The minimum atomic E-state index is 0.248. The van der Waals surface area contributed by atoms with Crippen molar-refractivity contribution in [3.63, 3.8) is 0 Å². The molecule has 1 rings (SSSR count). The fraction of sp³-hybridized carbons (Fsp3) is 0.700. The van der Waals surface area contributed by atoms with Crippen LogP contribution in [0.4, 0.5) is 0 Å². The number of aryl methyl sites for hydroxylation is 1. The van der Waals surface area contributed by atoms with Crippen LogP contribution in [0.15, 0.2) is 17.6 Å². The summed E-state index contributed by atoms with van der Waals surface area (Å²) in [5, 5.41) is 1.08. The molecule has 0 aliphatic rings. The highest BCUT2D eigenvalue weighted by molar-refractivity contribution is 7.99. The maximum Gasteiger partial charge on any atom is 0.167 e. The van der Waals surface area contributed by atoms with Gasteiger partial charge in [-0.15, -0.1) is 0 Å². The van der Waals surface area contributed by atoms with Crippen molar-refractivity contribution in [3.8, 4) is 0 Å². The summed E-state index contributed by atoms with van der Waals surface area (Å²) in [7, 11) is 2.02. The van der Waals surface area contributed by atoms with Crippen molar-refractivity contribution >= 4 is 11.8 Å². The Hall–Kier alpha value is -0.480. The Labute approximate surface area is 90.1 Å². The molecule has 0 unspecified atom stereocenters. The first kappa shape index (κ1) is 11.6. The number of hydrogen-bond acceptors (Lipinski definition) is 3. The Bertz CT molecular complexity index is 281. The van der Waals surface area contributed by atoms with Crippen molar-refractivity contribution in [2.75, 3.05) is 12.3 Å². The van der Waals surface area contributed by atoms with Gasteiger partial charge in [0.15, 0.2) is 5.16 Å². The van der Waals surface area contributed by atoms with E-state index in [4.69, 9.17) is 5.73 Å². The maximum absolute atomic E-state index is 5.67. The minimum absolute atomic E-state index is 0.248. The molecule has 1 aromatic heterocycles. The van der Waals surface area contributed by atoms with Crippen molar-refractivity contribution in [2.24, 2.45) is 18.2 Å². The van der Waals surface area contributed by atoms with Crippen molar-refractivity contribution in [1.29, 1.82) is 0 Å². The summed E-state index contributed by atoms with van der Waals surface area (Å²) in [6.07, 6.45) is 4.92. The lowest BCUT2D eigenvalue weighted by atomic mass is 9.91. The lowest BCUT2D eigenvalue weighted by Crippen LogP contribution is -2.24. The van der Waals surface area contributed by atoms with E-state index in [1.54, 1.807) is 11.8 Å². The summed E-state index contributed by atoms with van der Waals surface area (Å²) in [6, 6.07) is 0. The fourth-order valence-electron chi connectivity index (χ4n) is 1.01. The van der Waals surface area contributed by atoms with E-state index in [0.29, 0.717) is 0 Å². The second-order valence-corrected chi connectivity index (χ2v) is 5.35. The summed E-state index contributed by atoms with van der Waals surface area (Å²) in [5.74, 6) is 1.08. The van der Waals surface area contributed by atoms with E-state index < -0.39 is 0 Å². The van der Waals surface area contributed by atoms with Crippen molar-refractivity contribution in [1.82, 2.24) is 9.55 Å². The SMILES string of the molecule is Cn1ccnc1SCCC(C)(C)CN. The predicted molar refractivity (Wildman–Crippen MR) is 61.4 cm³/mol. The van der Waals surface area contributed by atoms with E-state index in [2.05, 4.69) is 18.8 Å². The van der Waals surface area contributed by atoms with Crippen LogP contribution in [-0.2, 0) is 7.05 Å². The average molecular weight is 213 g/mol. The van der Waals surface area contributed by atoms with Crippen LogP contribution in [0.3, 0.4) is 0 Å². The molecule has 80 valence electrons. The van der Waals surface area contributed by atoms with E-state index in [9.17, 15) is 0 Å². The van der Waals surface area contributed by atoms with Gasteiger partial charge in [-0.3, -0.25) is 0 Å². The van der Waals surface area contributed by atoms with Gasteiger partial charge >= 0.3 is 0 Å². The zero-order chi connectivity index (χ0) is 10.6. The van der Waals surface area contributed by atoms with Crippen LogP contribution in [0.1, 0.15) is 20.3 Å². The Morgan fingerprint density at radius 3 is 2.79 bits per heavy atom. The normalized spacial score (nSPS) is 12.0. The van der Waals surface area contributed by atoms with Crippen molar-refractivity contribution in [3.05, 3.63) is 12.4 Å². The zero-order valence-corrected chi connectivity index (χ0v) is 9.97. The summed E-state index contributed by atoms with van der Waals surface area (Å²) < 4.78 is 2.04. The minimum Gasteiger partial charge on any atom is -0.330 e. The quantitative estimate of drug-likeness (QED) is 0.760. The molecule has 2 N–H and O–H groups in total. The summed E-state index contributed by atoms with van der Waals surface area (Å²) in [6.45, 7) is 5.14. The number of rotatable bonds is 5. The Morgan fingerprint density at radius 2 is 2.29 bits per heavy atom. The van der Waals surface area contributed by atoms with Gasteiger partial charge in [0.2, 0.25) is 0 Å². The number of thioether (sulfide) groups is 1. The second-order valence-electron chi connectivity index (χ2n) is 4.29. The van der Waals surface area contributed by atoms with Gasteiger partial charge < -0.3 is 10.3 Å². The molecule has 0 saturated heterocycles. The number of nitrogens with zero attached hydrogens (tertiary/aromatic N) is 2. The van der Waals surface area contributed by atoms with E-state index in [1.807, 2.05) is 24.0 Å². The average Bonchev–Trinajstić information content (AvgIpc) is 2.52. The Morgan fingerprint density at radius 1 is 1.57 bits per heavy atom. The molecule has 1 heterocycles. The Balaban J connectivity index is 2.32. The standard InChI is InChI=1S/C10H19N3S/c1-10(2,8-11)4-7-14-9-12-5-6-13(9)3/h5-6H,4,7-8,11H2,1-3H3. The van der Waals surface area contributed by atoms with Crippen molar-refractivity contribution in [2.45, 2.75) is 25.4 Å². The third kappa shape index (κ3) is 3.35. The number of imidazole rings is 1. The molecule has 1 aromatic rings. The molecule has 0 saturated carbocycles. The van der Waals surface area contributed by atoms with Gasteiger partial charge in [0, 0.05) is 25.2 Å². The summed E-state index contributed by atoms with van der Waals surface area (Å²) >= 11 is 1.79. The zero-order valence-electron chi connectivity index (χ0n) is 9.16. The first-order valence-electron chi connectivity index (χ1n) is 4.85. The van der Waals surface area contributed by atoms with Gasteiger partial charge in [-0.1, -0.05) is 25.6 Å². The molecule has 0 radical (unpaired) electrons. The molecule has 0 aliphatic carbocycles. The van der Waals surface area contributed by atoms with Gasteiger partial charge in [-0.05, 0) is 18.4 Å². The third-order valence-electron chi connectivity index (χ3n) is 2.34. The number of aromatic nitrogens is 2. The van der Waals surface area contributed by atoms with Gasteiger partial charge in [0.05, 0.1) is 0 Å². The summed E-state index contributed by atoms with van der Waals surface area (Å²) in [4.78, 5) is 4.26. The lowest BCUT2D eigenvalue weighted by molar-refractivity contribution is 0.368. The molecule has 3 nitrogen and oxygen atoms in total. The van der Waals surface area contributed by atoms with Gasteiger partial charge in [-0.2, -0.15) is 0 Å². The topological polar surface area (TPSA) is 43.8 Å². The smallest absolute Gasteiger partial charge is 0.167 e. The molecule has 4 heteroatoms. The fourth-order valence-corrected chi connectivity index (χ4v) is 2.25. The molecule has 0 aromatic carbocycles. The molecule has 0 atom stereocenters. The van der Waals surface area contributed by atoms with Gasteiger partial charge in [0.25, 0.3) is 0 Å². The van der Waals surface area contributed by atoms with Gasteiger partial charge in [-0.25, -0.2) is 4.98 Å². The molecular weight excluding hydrogens is 194 g/mol. The third-order valence-corrected chi connectivity index (χ3v) is 3.40. The number of nitrogens with two attached hydrogens (primary N) is 1. The van der Waals surface area contributed by atoms with E-state index in [0.717, 1.165) is 23.9 Å².